The number of phenols is 1. The third-order valence-corrected chi connectivity index (χ3v) is 4.31. The molecule has 0 spiro atoms. The Bertz CT molecular complexity index is 932. The van der Waals surface area contributed by atoms with Gasteiger partial charge in [-0.15, -0.1) is 5.10 Å². The molecule has 7 heteroatoms. The number of aromatic nitrogens is 4. The maximum atomic E-state index is 13.2. The third-order valence-electron chi connectivity index (χ3n) is 4.31. The summed E-state index contributed by atoms with van der Waals surface area (Å²) in [6.07, 6.45) is 3.89. The molecule has 7 nitrogen and oxygen atoms in total. The summed E-state index contributed by atoms with van der Waals surface area (Å²) in [4.78, 5) is 23.4. The predicted octanol–water partition coefficient (Wildman–Crippen LogP) is 2.19. The number of phenolic OH excluding ortho intramolecular Hbond substituents is 1. The lowest BCUT2D eigenvalue weighted by atomic mass is 10.2. The summed E-state index contributed by atoms with van der Waals surface area (Å²) in [6.45, 7) is 2.92. The van der Waals surface area contributed by atoms with E-state index in [0.29, 0.717) is 36.3 Å². The van der Waals surface area contributed by atoms with Gasteiger partial charge in [0.25, 0.3) is 11.7 Å². The van der Waals surface area contributed by atoms with Gasteiger partial charge in [0.1, 0.15) is 17.3 Å². The van der Waals surface area contributed by atoms with E-state index in [1.807, 2.05) is 11.0 Å². The van der Waals surface area contributed by atoms with Crippen molar-refractivity contribution in [3.05, 3.63) is 53.6 Å². The minimum Gasteiger partial charge on any atom is -0.508 e. The van der Waals surface area contributed by atoms with Crippen molar-refractivity contribution >= 4 is 11.7 Å². The van der Waals surface area contributed by atoms with Gasteiger partial charge in [-0.1, -0.05) is 12.1 Å². The molecule has 0 unspecified atom stereocenters. The lowest BCUT2D eigenvalue weighted by Gasteiger charge is -2.23. The molecule has 0 saturated heterocycles. The summed E-state index contributed by atoms with van der Waals surface area (Å²) in [5.41, 5.74) is 1.35. The van der Waals surface area contributed by atoms with Crippen molar-refractivity contribution in [1.82, 2.24) is 24.5 Å². The van der Waals surface area contributed by atoms with Gasteiger partial charge in [0.2, 0.25) is 0 Å². The van der Waals surface area contributed by atoms with Crippen molar-refractivity contribution in [3.8, 4) is 5.75 Å². The van der Waals surface area contributed by atoms with E-state index in [0.717, 1.165) is 18.4 Å². The maximum absolute atomic E-state index is 13.2. The van der Waals surface area contributed by atoms with Gasteiger partial charge in [0.05, 0.1) is 0 Å². The minimum absolute atomic E-state index is 0.104. The molecule has 0 radical (unpaired) electrons. The Morgan fingerprint density at radius 3 is 2.96 bits per heavy atom. The van der Waals surface area contributed by atoms with Gasteiger partial charge < -0.3 is 10.0 Å². The van der Waals surface area contributed by atoms with Crippen molar-refractivity contribution in [2.45, 2.75) is 26.3 Å². The van der Waals surface area contributed by atoms with Crippen LogP contribution in [0.3, 0.4) is 0 Å². The molecular weight excluding hydrogens is 318 g/mol. The van der Waals surface area contributed by atoms with Gasteiger partial charge in [-0.05, 0) is 49.4 Å². The number of aromatic hydroxyl groups is 1. The number of benzene rings is 1. The largest absolute Gasteiger partial charge is 0.508 e. The van der Waals surface area contributed by atoms with Crippen molar-refractivity contribution in [3.63, 3.8) is 0 Å². The topological polar surface area (TPSA) is 83.6 Å². The number of aryl methyl sites for hydroxylation is 1. The molecule has 1 aromatic carbocycles. The van der Waals surface area contributed by atoms with Gasteiger partial charge in [0, 0.05) is 19.3 Å². The van der Waals surface area contributed by atoms with Gasteiger partial charge in [0.15, 0.2) is 0 Å². The van der Waals surface area contributed by atoms with Crippen LogP contribution < -0.4 is 0 Å². The summed E-state index contributed by atoms with van der Waals surface area (Å²) < 4.78 is 1.50. The molecule has 0 aliphatic heterocycles. The van der Waals surface area contributed by atoms with Crippen LogP contribution in [0, 0.1) is 12.8 Å². The van der Waals surface area contributed by atoms with Crippen molar-refractivity contribution < 1.29 is 9.90 Å². The molecule has 2 aromatic heterocycles. The summed E-state index contributed by atoms with van der Waals surface area (Å²) in [5.74, 6) is 1.65. The normalized spacial score (nSPS) is 14.0. The highest BCUT2D eigenvalue weighted by Gasteiger charge is 2.28. The number of amides is 1. The number of fused-ring (bicyclic) bond motifs is 1. The molecule has 4 rings (SSSR count). The molecule has 1 aliphatic carbocycles. The molecule has 0 bridgehead atoms. The van der Waals surface area contributed by atoms with Crippen LogP contribution in [-0.2, 0) is 6.54 Å². The van der Waals surface area contributed by atoms with Gasteiger partial charge in [-0.2, -0.15) is 9.50 Å². The van der Waals surface area contributed by atoms with Crippen molar-refractivity contribution in [2.24, 2.45) is 5.92 Å². The average Bonchev–Trinajstić information content (AvgIpc) is 3.31. The Hall–Kier alpha value is -2.96. The highest BCUT2D eigenvalue weighted by Crippen LogP contribution is 2.31. The number of hydrogen-bond acceptors (Lipinski definition) is 5. The predicted molar refractivity (Wildman–Crippen MR) is 91.1 cm³/mol. The van der Waals surface area contributed by atoms with Gasteiger partial charge in [-0.3, -0.25) is 4.79 Å². The number of hydrogen-bond donors (Lipinski definition) is 1. The fraction of sp³-hybridized carbons (Fsp3) is 0.333. The van der Waals surface area contributed by atoms with Crippen molar-refractivity contribution in [1.29, 1.82) is 0 Å². The van der Waals surface area contributed by atoms with Crippen LogP contribution in [0.4, 0.5) is 0 Å². The van der Waals surface area contributed by atoms with E-state index in [1.54, 1.807) is 37.4 Å². The molecule has 3 aromatic rings. The SMILES string of the molecule is Cc1nc2nccc(C(=O)N(Cc3cccc(O)c3)CC3CC3)n2n1. The Balaban J connectivity index is 1.66. The van der Waals surface area contributed by atoms with E-state index in [4.69, 9.17) is 0 Å². The number of rotatable bonds is 5. The van der Waals surface area contributed by atoms with Crippen LogP contribution >= 0.6 is 0 Å². The van der Waals surface area contributed by atoms with Crippen LogP contribution in [0.2, 0.25) is 0 Å². The quantitative estimate of drug-likeness (QED) is 0.771. The summed E-state index contributed by atoms with van der Waals surface area (Å²) >= 11 is 0. The number of carbonyl (C=O) groups is 1. The second kappa shape index (κ2) is 6.16. The summed E-state index contributed by atoms with van der Waals surface area (Å²) in [5, 5.41) is 14.0. The molecule has 2 heterocycles. The molecule has 1 fully saturated rings. The zero-order valence-electron chi connectivity index (χ0n) is 14.0. The van der Waals surface area contributed by atoms with Crippen LogP contribution in [0.1, 0.15) is 34.7 Å². The van der Waals surface area contributed by atoms with E-state index in [1.165, 1.54) is 4.52 Å². The van der Waals surface area contributed by atoms with E-state index in [-0.39, 0.29) is 11.7 Å². The molecule has 25 heavy (non-hydrogen) atoms. The van der Waals surface area contributed by atoms with Gasteiger partial charge >= 0.3 is 0 Å². The van der Waals surface area contributed by atoms with Gasteiger partial charge in [-0.25, -0.2) is 4.98 Å². The fourth-order valence-corrected chi connectivity index (χ4v) is 2.92. The lowest BCUT2D eigenvalue weighted by Crippen LogP contribution is -2.34. The number of nitrogens with zero attached hydrogens (tertiary/aromatic N) is 5. The Morgan fingerprint density at radius 2 is 2.20 bits per heavy atom. The number of carbonyl (C=O) groups excluding carboxylic acids is 1. The zero-order valence-corrected chi connectivity index (χ0v) is 14.0. The van der Waals surface area contributed by atoms with E-state index in [2.05, 4.69) is 15.1 Å². The molecule has 128 valence electrons. The third kappa shape index (κ3) is 3.31. The van der Waals surface area contributed by atoms with E-state index >= 15 is 0 Å². The Labute approximate surface area is 144 Å². The minimum atomic E-state index is -0.104. The van der Waals surface area contributed by atoms with Crippen LogP contribution in [-0.4, -0.2) is 42.0 Å². The van der Waals surface area contributed by atoms with Crippen molar-refractivity contribution in [2.75, 3.05) is 6.54 Å². The summed E-state index contributed by atoms with van der Waals surface area (Å²) in [6, 6.07) is 8.69. The Kier molecular flexibility index (Phi) is 3.83. The summed E-state index contributed by atoms with van der Waals surface area (Å²) in [7, 11) is 0. The van der Waals surface area contributed by atoms with E-state index < -0.39 is 0 Å². The first-order valence-corrected chi connectivity index (χ1v) is 8.36. The smallest absolute Gasteiger partial charge is 0.273 e. The second-order valence-corrected chi connectivity index (χ2v) is 6.50. The molecule has 1 saturated carbocycles. The molecule has 0 atom stereocenters. The zero-order chi connectivity index (χ0) is 17.4. The monoisotopic (exact) mass is 337 g/mol. The second-order valence-electron chi connectivity index (χ2n) is 6.50. The van der Waals surface area contributed by atoms with Crippen LogP contribution in [0.25, 0.3) is 5.78 Å². The molecule has 1 N–H and O–H groups in total. The first-order chi connectivity index (χ1) is 12.1. The molecule has 1 aliphatic rings. The average molecular weight is 337 g/mol. The van der Waals surface area contributed by atoms with Crippen LogP contribution in [0.5, 0.6) is 5.75 Å². The fourth-order valence-electron chi connectivity index (χ4n) is 2.92. The maximum Gasteiger partial charge on any atom is 0.273 e. The van der Waals surface area contributed by atoms with E-state index in [9.17, 15) is 9.90 Å². The lowest BCUT2D eigenvalue weighted by molar-refractivity contribution is 0.0725. The Morgan fingerprint density at radius 1 is 1.36 bits per heavy atom. The highest BCUT2D eigenvalue weighted by atomic mass is 16.3. The first-order valence-electron chi connectivity index (χ1n) is 8.36. The first kappa shape index (κ1) is 15.6. The molecule has 1 amide bonds. The standard InChI is InChI=1S/C18H19N5O2/c1-12-20-18-19-8-7-16(23(18)21-12)17(25)22(10-13-5-6-13)11-14-3-2-4-15(24)9-14/h2-4,7-9,13,24H,5-6,10-11H2,1H3. The highest BCUT2D eigenvalue weighted by molar-refractivity contribution is 5.92. The van der Waals surface area contributed by atoms with Crippen LogP contribution in [0.15, 0.2) is 36.5 Å². The molecular formula is C18H19N5O2.